The molecule has 3 nitrogen and oxygen atoms in total. The molecule has 0 radical (unpaired) electrons. The van der Waals surface area contributed by atoms with Crippen molar-refractivity contribution in [2.75, 3.05) is 6.67 Å². The Kier molecular flexibility index (Phi) is 3.25. The fourth-order valence-electron chi connectivity index (χ4n) is 2.48. The topological polar surface area (TPSA) is 37.4 Å². The van der Waals surface area contributed by atoms with Gasteiger partial charge in [-0.05, 0) is 29.8 Å². The van der Waals surface area contributed by atoms with E-state index in [1.807, 2.05) is 0 Å². The molecule has 0 aromatic heterocycles. The van der Waals surface area contributed by atoms with Gasteiger partial charge < -0.3 is 0 Å². The molecule has 2 aromatic rings. The van der Waals surface area contributed by atoms with Crippen LogP contribution in [-0.4, -0.2) is 23.4 Å². The maximum atomic E-state index is 13.4. The summed E-state index contributed by atoms with van der Waals surface area (Å²) in [5.74, 6) is -1.51. The van der Waals surface area contributed by atoms with Crippen LogP contribution in [0.5, 0.6) is 0 Å². The lowest BCUT2D eigenvalue weighted by Gasteiger charge is -2.24. The minimum absolute atomic E-state index is 0.267. The number of benzene rings is 2. The minimum atomic E-state index is -1.04. The van der Waals surface area contributed by atoms with Crippen LogP contribution < -0.4 is 0 Å². The molecule has 21 heavy (non-hydrogen) atoms. The Bertz CT molecular complexity index is 677. The van der Waals surface area contributed by atoms with Gasteiger partial charge >= 0.3 is 0 Å². The Labute approximate surface area is 119 Å². The number of carbonyl (C=O) groups excluding carboxylic acids is 2. The van der Waals surface area contributed by atoms with Crippen LogP contribution in [-0.2, 0) is 0 Å². The Balaban J connectivity index is 2.01. The fraction of sp³-hybridized carbons (Fsp3) is 0.125. The summed E-state index contributed by atoms with van der Waals surface area (Å²) in [4.78, 5) is 25.5. The van der Waals surface area contributed by atoms with Crippen molar-refractivity contribution >= 4 is 11.8 Å². The zero-order chi connectivity index (χ0) is 15.0. The van der Waals surface area contributed by atoms with E-state index in [0.717, 1.165) is 4.90 Å². The molecule has 0 spiro atoms. The summed E-state index contributed by atoms with van der Waals surface area (Å²) in [7, 11) is 0. The lowest BCUT2D eigenvalue weighted by atomic mass is 10.1. The van der Waals surface area contributed by atoms with E-state index in [2.05, 4.69) is 0 Å². The Morgan fingerprint density at radius 2 is 1.43 bits per heavy atom. The average Bonchev–Trinajstić information content (AvgIpc) is 2.76. The molecule has 3 rings (SSSR count). The number of alkyl halides is 1. The normalized spacial score (nSPS) is 15.2. The number of nitrogens with zero attached hydrogens (tertiary/aromatic N) is 1. The van der Waals surface area contributed by atoms with E-state index in [4.69, 9.17) is 0 Å². The number of amides is 2. The molecule has 0 fully saturated rings. The standard InChI is InChI=1S/C16H11F2NO2/c17-9-14(10-5-7-11(18)8-6-10)19-15(20)12-3-1-2-4-13(12)16(19)21/h1-8,14H,9H2/t14-/m1/s1. The SMILES string of the molecule is O=C1c2ccccc2C(=O)N1[C@H](CF)c1ccc(F)cc1. The lowest BCUT2D eigenvalue weighted by molar-refractivity contribution is 0.0557. The highest BCUT2D eigenvalue weighted by Gasteiger charge is 2.40. The van der Waals surface area contributed by atoms with E-state index in [0.29, 0.717) is 5.56 Å². The molecule has 0 saturated heterocycles. The molecule has 0 bridgehead atoms. The molecule has 1 heterocycles. The second-order valence-corrected chi connectivity index (χ2v) is 4.75. The van der Waals surface area contributed by atoms with Crippen molar-refractivity contribution in [2.45, 2.75) is 6.04 Å². The van der Waals surface area contributed by atoms with Gasteiger partial charge in [-0.15, -0.1) is 0 Å². The van der Waals surface area contributed by atoms with Crippen molar-refractivity contribution in [3.8, 4) is 0 Å². The van der Waals surface area contributed by atoms with E-state index in [1.165, 1.54) is 36.4 Å². The first-order valence-electron chi connectivity index (χ1n) is 6.42. The quantitative estimate of drug-likeness (QED) is 0.813. The minimum Gasteiger partial charge on any atom is -0.269 e. The van der Waals surface area contributed by atoms with Crippen LogP contribution in [0.15, 0.2) is 48.5 Å². The van der Waals surface area contributed by atoms with Gasteiger partial charge in [0.2, 0.25) is 0 Å². The summed E-state index contributed by atoms with van der Waals surface area (Å²) in [6.45, 7) is -0.920. The Morgan fingerprint density at radius 3 is 1.90 bits per heavy atom. The summed E-state index contributed by atoms with van der Waals surface area (Å²) in [6, 6.07) is 10.4. The predicted molar refractivity (Wildman–Crippen MR) is 72.1 cm³/mol. The summed E-state index contributed by atoms with van der Waals surface area (Å²) in [6.07, 6.45) is 0. The molecule has 106 valence electrons. The molecule has 1 aliphatic heterocycles. The first-order chi connectivity index (χ1) is 10.1. The van der Waals surface area contributed by atoms with Crippen molar-refractivity contribution in [2.24, 2.45) is 0 Å². The zero-order valence-electron chi connectivity index (χ0n) is 10.9. The van der Waals surface area contributed by atoms with Gasteiger partial charge in [-0.1, -0.05) is 24.3 Å². The second kappa shape index (κ2) is 5.09. The largest absolute Gasteiger partial charge is 0.269 e. The highest BCUT2D eigenvalue weighted by molar-refractivity contribution is 6.21. The van der Waals surface area contributed by atoms with Crippen molar-refractivity contribution in [1.29, 1.82) is 0 Å². The van der Waals surface area contributed by atoms with Gasteiger partial charge in [-0.2, -0.15) is 0 Å². The van der Waals surface area contributed by atoms with Crippen molar-refractivity contribution < 1.29 is 18.4 Å². The van der Waals surface area contributed by atoms with Crippen LogP contribution in [0.3, 0.4) is 0 Å². The number of hydrogen-bond acceptors (Lipinski definition) is 2. The van der Waals surface area contributed by atoms with E-state index in [1.54, 1.807) is 12.1 Å². The third-order valence-corrected chi connectivity index (χ3v) is 3.54. The monoisotopic (exact) mass is 287 g/mol. The van der Waals surface area contributed by atoms with Crippen LogP contribution >= 0.6 is 0 Å². The van der Waals surface area contributed by atoms with E-state index >= 15 is 0 Å². The predicted octanol–water partition coefficient (Wildman–Crippen LogP) is 3.13. The maximum Gasteiger partial charge on any atom is 0.262 e. The second-order valence-electron chi connectivity index (χ2n) is 4.75. The molecular weight excluding hydrogens is 276 g/mol. The van der Waals surface area contributed by atoms with Crippen molar-refractivity contribution in [3.63, 3.8) is 0 Å². The molecule has 2 aromatic carbocycles. The molecule has 1 aliphatic rings. The average molecular weight is 287 g/mol. The number of rotatable bonds is 3. The van der Waals surface area contributed by atoms with Gasteiger partial charge in [0.05, 0.1) is 17.2 Å². The van der Waals surface area contributed by atoms with Gasteiger partial charge in [0, 0.05) is 0 Å². The number of carbonyl (C=O) groups is 2. The summed E-state index contributed by atoms with van der Waals surface area (Å²) in [5.41, 5.74) is 0.916. The summed E-state index contributed by atoms with van der Waals surface area (Å²) < 4.78 is 26.4. The smallest absolute Gasteiger partial charge is 0.262 e. The molecule has 5 heteroatoms. The first-order valence-corrected chi connectivity index (χ1v) is 6.42. The summed E-state index contributed by atoms with van der Waals surface area (Å²) in [5, 5.41) is 0. The van der Waals surface area contributed by atoms with Crippen LogP contribution in [0.1, 0.15) is 32.3 Å². The van der Waals surface area contributed by atoms with Gasteiger partial charge in [0.1, 0.15) is 12.5 Å². The number of halogens is 2. The molecular formula is C16H11F2NO2. The Morgan fingerprint density at radius 1 is 0.905 bits per heavy atom. The molecule has 1 atom stereocenters. The van der Waals surface area contributed by atoms with Gasteiger partial charge in [0.25, 0.3) is 11.8 Å². The van der Waals surface area contributed by atoms with Crippen molar-refractivity contribution in [1.82, 2.24) is 4.90 Å². The van der Waals surface area contributed by atoms with E-state index in [-0.39, 0.29) is 11.1 Å². The molecule has 2 amide bonds. The molecule has 0 saturated carbocycles. The van der Waals surface area contributed by atoms with E-state index < -0.39 is 30.3 Å². The summed E-state index contributed by atoms with van der Waals surface area (Å²) >= 11 is 0. The van der Waals surface area contributed by atoms with Crippen LogP contribution in [0, 0.1) is 5.82 Å². The fourth-order valence-corrected chi connectivity index (χ4v) is 2.48. The number of hydrogen-bond donors (Lipinski definition) is 0. The van der Waals surface area contributed by atoms with Crippen LogP contribution in [0.4, 0.5) is 8.78 Å². The maximum absolute atomic E-state index is 13.4. The highest BCUT2D eigenvalue weighted by Crippen LogP contribution is 2.31. The van der Waals surface area contributed by atoms with Crippen LogP contribution in [0.2, 0.25) is 0 Å². The van der Waals surface area contributed by atoms with Gasteiger partial charge in [-0.3, -0.25) is 14.5 Å². The Hall–Kier alpha value is -2.56. The lowest BCUT2D eigenvalue weighted by Crippen LogP contribution is -2.35. The van der Waals surface area contributed by atoms with Gasteiger partial charge in [0.15, 0.2) is 0 Å². The molecule has 0 N–H and O–H groups in total. The highest BCUT2D eigenvalue weighted by atomic mass is 19.1. The van der Waals surface area contributed by atoms with Gasteiger partial charge in [-0.25, -0.2) is 8.78 Å². The first kappa shape index (κ1) is 13.4. The van der Waals surface area contributed by atoms with Crippen LogP contribution in [0.25, 0.3) is 0 Å². The van der Waals surface area contributed by atoms with E-state index in [9.17, 15) is 18.4 Å². The van der Waals surface area contributed by atoms with Crippen molar-refractivity contribution in [3.05, 3.63) is 71.0 Å². The third-order valence-electron chi connectivity index (χ3n) is 3.54. The zero-order valence-corrected chi connectivity index (χ0v) is 10.9. The number of imide groups is 1. The molecule has 0 aliphatic carbocycles. The molecule has 0 unspecified atom stereocenters. The number of fused-ring (bicyclic) bond motifs is 1. The third kappa shape index (κ3) is 2.11.